The van der Waals surface area contributed by atoms with Crippen LogP contribution in [-0.2, 0) is 19.1 Å². The summed E-state index contributed by atoms with van der Waals surface area (Å²) in [6, 6.07) is 15.3. The van der Waals surface area contributed by atoms with Crippen LogP contribution in [0.1, 0.15) is 11.5 Å². The Kier molecular flexibility index (Phi) is 7.45. The smallest absolute Gasteiger partial charge is 0.355 e. The van der Waals surface area contributed by atoms with E-state index in [2.05, 4.69) is 11.0 Å². The second-order valence-electron chi connectivity index (χ2n) is 8.73. The number of anilines is 2. The number of allylic oxidation sites excluding steroid dienone is 1. The van der Waals surface area contributed by atoms with Gasteiger partial charge in [-0.1, -0.05) is 36.4 Å². The van der Waals surface area contributed by atoms with Gasteiger partial charge in [-0.15, -0.1) is 0 Å². The summed E-state index contributed by atoms with van der Waals surface area (Å²) in [4.78, 5) is 31.8. The Morgan fingerprint density at radius 3 is 2.24 bits per heavy atom. The number of hydrogen-bond acceptors (Lipinski definition) is 9. The van der Waals surface area contributed by atoms with E-state index in [0.717, 1.165) is 25.1 Å². The van der Waals surface area contributed by atoms with Crippen molar-refractivity contribution in [3.63, 3.8) is 0 Å². The molecule has 2 aromatic carbocycles. The third-order valence-corrected chi connectivity index (χ3v) is 6.64. The summed E-state index contributed by atoms with van der Waals surface area (Å²) in [5.74, 6) is -3.67. The first-order valence-corrected chi connectivity index (χ1v) is 11.7. The molecule has 192 valence electrons. The fourth-order valence-electron chi connectivity index (χ4n) is 4.77. The molecule has 1 atom stereocenters. The van der Waals surface area contributed by atoms with E-state index in [9.17, 15) is 14.9 Å². The Morgan fingerprint density at radius 1 is 1.00 bits per heavy atom. The van der Waals surface area contributed by atoms with Crippen molar-refractivity contribution < 1.29 is 23.5 Å². The van der Waals surface area contributed by atoms with Gasteiger partial charge in [-0.3, -0.25) is 4.90 Å². The van der Waals surface area contributed by atoms with Crippen molar-refractivity contribution in [1.29, 1.82) is 5.26 Å². The van der Waals surface area contributed by atoms with Gasteiger partial charge in [0.25, 0.3) is 0 Å². The number of hydrogen-bond donors (Lipinski definition) is 1. The van der Waals surface area contributed by atoms with Crippen molar-refractivity contribution in [2.24, 2.45) is 5.73 Å². The number of carbonyl (C=O) groups is 2. The number of para-hydroxylation sites is 1. The van der Waals surface area contributed by atoms with Crippen LogP contribution in [0, 0.1) is 17.1 Å². The predicted octanol–water partition coefficient (Wildman–Crippen LogP) is 2.48. The van der Waals surface area contributed by atoms with Crippen LogP contribution in [0.2, 0.25) is 0 Å². The van der Waals surface area contributed by atoms with Crippen molar-refractivity contribution in [2.75, 3.05) is 57.2 Å². The number of nitriles is 1. The van der Waals surface area contributed by atoms with Crippen LogP contribution in [0.3, 0.4) is 0 Å². The number of halogens is 1. The van der Waals surface area contributed by atoms with Crippen LogP contribution in [0.5, 0.6) is 0 Å². The maximum Gasteiger partial charge on any atom is 0.355 e. The minimum Gasteiger partial charge on any atom is -0.466 e. The molecule has 0 saturated carbocycles. The first kappa shape index (κ1) is 25.7. The second-order valence-corrected chi connectivity index (χ2v) is 8.73. The van der Waals surface area contributed by atoms with Crippen LogP contribution in [0.15, 0.2) is 71.2 Å². The highest BCUT2D eigenvalue weighted by molar-refractivity contribution is 6.07. The number of piperazine rings is 1. The SMILES string of the molecule is COC(=O)C1=C(C(=O)OC)N(c2c(F)cccc2N2CCN(C)CC2)C(N)=C(C#N)C1c1ccccc1. The van der Waals surface area contributed by atoms with Gasteiger partial charge in [-0.2, -0.15) is 5.26 Å². The molecule has 2 aromatic rings. The first-order valence-electron chi connectivity index (χ1n) is 11.7. The number of ether oxygens (including phenoxy) is 2. The summed E-state index contributed by atoms with van der Waals surface area (Å²) in [6.45, 7) is 2.69. The predicted molar refractivity (Wildman–Crippen MR) is 136 cm³/mol. The lowest BCUT2D eigenvalue weighted by atomic mass is 9.81. The largest absolute Gasteiger partial charge is 0.466 e. The van der Waals surface area contributed by atoms with E-state index in [4.69, 9.17) is 15.2 Å². The highest BCUT2D eigenvalue weighted by Crippen LogP contribution is 2.46. The second kappa shape index (κ2) is 10.7. The number of methoxy groups -OCH3 is 2. The van der Waals surface area contributed by atoms with Crippen molar-refractivity contribution in [1.82, 2.24) is 4.90 Å². The zero-order chi connectivity index (χ0) is 26.7. The molecule has 1 saturated heterocycles. The summed E-state index contributed by atoms with van der Waals surface area (Å²) in [5, 5.41) is 10.2. The van der Waals surface area contributed by atoms with Crippen LogP contribution in [0.4, 0.5) is 15.8 Å². The highest BCUT2D eigenvalue weighted by Gasteiger charge is 2.44. The summed E-state index contributed by atoms with van der Waals surface area (Å²) in [5.41, 5.74) is 7.03. The molecule has 2 heterocycles. The lowest BCUT2D eigenvalue weighted by Gasteiger charge is -2.40. The van der Waals surface area contributed by atoms with Gasteiger partial charge in [-0.25, -0.2) is 14.0 Å². The maximum atomic E-state index is 15.7. The zero-order valence-corrected chi connectivity index (χ0v) is 20.9. The third kappa shape index (κ3) is 4.61. The van der Waals surface area contributed by atoms with Crippen LogP contribution in [-0.4, -0.2) is 64.3 Å². The number of nitrogens with zero attached hydrogens (tertiary/aromatic N) is 4. The van der Waals surface area contributed by atoms with E-state index < -0.39 is 23.7 Å². The van der Waals surface area contributed by atoms with Gasteiger partial charge in [0.05, 0.1) is 43.0 Å². The monoisotopic (exact) mass is 505 g/mol. The van der Waals surface area contributed by atoms with Crippen molar-refractivity contribution in [3.05, 3.63) is 82.6 Å². The molecule has 2 aliphatic heterocycles. The Bertz CT molecular complexity index is 1310. The van der Waals surface area contributed by atoms with E-state index in [0.29, 0.717) is 24.3 Å². The third-order valence-electron chi connectivity index (χ3n) is 6.64. The number of likely N-dealkylation sites (N-methyl/N-ethyl adjacent to an activating group) is 1. The molecule has 0 radical (unpaired) electrons. The lowest BCUT2D eigenvalue weighted by Crippen LogP contribution is -2.46. The molecule has 0 aliphatic carbocycles. The van der Waals surface area contributed by atoms with Gasteiger partial charge in [0, 0.05) is 26.2 Å². The molecule has 10 heteroatoms. The first-order chi connectivity index (χ1) is 17.8. The van der Waals surface area contributed by atoms with Gasteiger partial charge >= 0.3 is 11.9 Å². The molecule has 2 aliphatic rings. The Labute approximate surface area is 214 Å². The highest BCUT2D eigenvalue weighted by atomic mass is 19.1. The fourth-order valence-corrected chi connectivity index (χ4v) is 4.77. The molecule has 1 unspecified atom stereocenters. The van der Waals surface area contributed by atoms with Crippen molar-refractivity contribution in [3.8, 4) is 6.07 Å². The molecule has 0 bridgehead atoms. The molecular weight excluding hydrogens is 477 g/mol. The maximum absolute atomic E-state index is 15.7. The summed E-state index contributed by atoms with van der Waals surface area (Å²) < 4.78 is 25.8. The van der Waals surface area contributed by atoms with Crippen LogP contribution >= 0.6 is 0 Å². The average molecular weight is 506 g/mol. The fraction of sp³-hybridized carbons (Fsp3) is 0.296. The van der Waals surface area contributed by atoms with Gasteiger partial charge in [0.15, 0.2) is 0 Å². The van der Waals surface area contributed by atoms with E-state index in [1.165, 1.54) is 13.2 Å². The molecule has 0 aromatic heterocycles. The quantitative estimate of drug-likeness (QED) is 0.613. The van der Waals surface area contributed by atoms with E-state index >= 15 is 4.39 Å². The summed E-state index contributed by atoms with van der Waals surface area (Å²) >= 11 is 0. The molecule has 37 heavy (non-hydrogen) atoms. The minimum atomic E-state index is -1.03. The zero-order valence-electron chi connectivity index (χ0n) is 20.9. The van der Waals surface area contributed by atoms with E-state index in [1.54, 1.807) is 42.5 Å². The van der Waals surface area contributed by atoms with Gasteiger partial charge in [0.1, 0.15) is 23.0 Å². The molecule has 2 N–H and O–H groups in total. The molecule has 0 spiro atoms. The Hall–Kier alpha value is -4.36. The number of carbonyl (C=O) groups excluding carboxylic acids is 2. The van der Waals surface area contributed by atoms with Crippen molar-refractivity contribution >= 4 is 23.3 Å². The van der Waals surface area contributed by atoms with Gasteiger partial charge < -0.3 is 25.0 Å². The topological polar surface area (TPSA) is 112 Å². The molecule has 4 rings (SSSR count). The van der Waals surface area contributed by atoms with Gasteiger partial charge in [0.2, 0.25) is 0 Å². The molecule has 0 amide bonds. The summed E-state index contributed by atoms with van der Waals surface area (Å²) in [6.07, 6.45) is 0. The van der Waals surface area contributed by atoms with Gasteiger partial charge in [-0.05, 0) is 24.7 Å². The van der Waals surface area contributed by atoms with E-state index in [-0.39, 0.29) is 28.4 Å². The number of esters is 2. The number of nitrogens with two attached hydrogens (primary N) is 1. The van der Waals surface area contributed by atoms with Crippen LogP contribution in [0.25, 0.3) is 0 Å². The molecular formula is C27H28FN5O4. The Morgan fingerprint density at radius 2 is 1.65 bits per heavy atom. The standard InChI is InChI=1S/C27H28FN5O4/c1-31-12-14-32(15-13-31)20-11-7-10-19(28)23(20)33-24(27(35)37-3)22(26(34)36-2)21(18(16-29)25(33)30)17-8-5-4-6-9-17/h4-11,21H,12-15,30H2,1-3H3. The number of benzene rings is 2. The normalized spacial score (nSPS) is 18.5. The number of rotatable bonds is 5. The molecule has 1 fully saturated rings. The molecule has 9 nitrogen and oxygen atoms in total. The minimum absolute atomic E-state index is 0.0215. The lowest BCUT2D eigenvalue weighted by molar-refractivity contribution is -0.139. The van der Waals surface area contributed by atoms with E-state index in [1.807, 2.05) is 11.9 Å². The Balaban J connectivity index is 2.04. The van der Waals surface area contributed by atoms with Crippen LogP contribution < -0.4 is 15.5 Å². The summed E-state index contributed by atoms with van der Waals surface area (Å²) in [7, 11) is 4.32. The average Bonchev–Trinajstić information content (AvgIpc) is 2.92. The van der Waals surface area contributed by atoms with Crippen molar-refractivity contribution in [2.45, 2.75) is 5.92 Å².